The van der Waals surface area contributed by atoms with Crippen molar-refractivity contribution in [1.29, 1.82) is 0 Å². The van der Waals surface area contributed by atoms with E-state index in [0.29, 0.717) is 11.3 Å². The van der Waals surface area contributed by atoms with Crippen LogP contribution in [0.4, 0.5) is 0 Å². The zero-order valence-electron chi connectivity index (χ0n) is 13.8. The lowest BCUT2D eigenvalue weighted by atomic mass is 9.45. The van der Waals surface area contributed by atoms with Crippen molar-refractivity contribution in [2.24, 2.45) is 23.0 Å². The zero-order valence-corrected chi connectivity index (χ0v) is 13.8. The van der Waals surface area contributed by atoms with Gasteiger partial charge in [-0.15, -0.1) is 0 Å². The molecular weight excluding hydrogens is 273 g/mol. The summed E-state index contributed by atoms with van der Waals surface area (Å²) in [6.45, 7) is 6.99. The predicted molar refractivity (Wildman–Crippen MR) is 88.2 cm³/mol. The van der Waals surface area contributed by atoms with E-state index in [0.717, 1.165) is 18.8 Å². The van der Waals surface area contributed by atoms with Crippen molar-refractivity contribution in [1.82, 2.24) is 0 Å². The molecule has 0 spiro atoms. The molecule has 118 valence electrons. The van der Waals surface area contributed by atoms with Crippen LogP contribution < -0.4 is 5.73 Å². The highest BCUT2D eigenvalue weighted by atomic mass is 16.7. The van der Waals surface area contributed by atoms with Gasteiger partial charge in [-0.05, 0) is 49.0 Å². The van der Waals surface area contributed by atoms with Gasteiger partial charge in [-0.1, -0.05) is 44.2 Å². The van der Waals surface area contributed by atoms with E-state index in [4.69, 9.17) is 15.0 Å². The third kappa shape index (κ3) is 2.08. The Labute approximate surface area is 133 Å². The van der Waals surface area contributed by atoms with Gasteiger partial charge in [-0.2, -0.15) is 0 Å². The van der Waals surface area contributed by atoms with Crippen LogP contribution in [0.1, 0.15) is 39.2 Å². The zero-order chi connectivity index (χ0) is 15.5. The molecule has 3 nitrogen and oxygen atoms in total. The molecule has 4 aliphatic rings. The van der Waals surface area contributed by atoms with Crippen LogP contribution in [0.2, 0.25) is 0 Å². The molecule has 2 N–H and O–H groups in total. The summed E-state index contributed by atoms with van der Waals surface area (Å²) in [7, 11) is -0.273. The van der Waals surface area contributed by atoms with Crippen molar-refractivity contribution in [2.45, 2.75) is 57.7 Å². The van der Waals surface area contributed by atoms with E-state index in [-0.39, 0.29) is 24.8 Å². The first-order chi connectivity index (χ1) is 10.4. The fourth-order valence-electron chi connectivity index (χ4n) is 4.91. The fraction of sp³-hybridized carbons (Fsp3) is 0.667. The first-order valence-corrected chi connectivity index (χ1v) is 8.53. The van der Waals surface area contributed by atoms with Crippen molar-refractivity contribution in [3.05, 3.63) is 35.9 Å². The van der Waals surface area contributed by atoms with Crippen LogP contribution >= 0.6 is 0 Å². The maximum atomic E-state index is 6.40. The van der Waals surface area contributed by atoms with E-state index in [9.17, 15) is 0 Å². The summed E-state index contributed by atoms with van der Waals surface area (Å²) in [5.74, 6) is 1.28. The Bertz CT molecular complexity index is 563. The Morgan fingerprint density at radius 1 is 1.27 bits per heavy atom. The highest BCUT2D eigenvalue weighted by molar-refractivity contribution is 6.47. The molecule has 4 heteroatoms. The van der Waals surface area contributed by atoms with Crippen LogP contribution in [0.3, 0.4) is 0 Å². The maximum absolute atomic E-state index is 6.40. The monoisotopic (exact) mass is 299 g/mol. The molecule has 22 heavy (non-hydrogen) atoms. The third-order valence-corrected chi connectivity index (χ3v) is 6.50. The second-order valence-electron chi connectivity index (χ2n) is 8.27. The topological polar surface area (TPSA) is 44.5 Å². The Morgan fingerprint density at radius 2 is 2.00 bits per heavy atom. The van der Waals surface area contributed by atoms with Crippen molar-refractivity contribution >= 4 is 7.12 Å². The first kappa shape index (κ1) is 14.7. The lowest BCUT2D eigenvalue weighted by Gasteiger charge is -2.63. The molecule has 3 aliphatic carbocycles. The van der Waals surface area contributed by atoms with Crippen molar-refractivity contribution in [3.63, 3.8) is 0 Å². The molecule has 1 saturated heterocycles. The van der Waals surface area contributed by atoms with E-state index in [2.05, 4.69) is 45.0 Å². The molecule has 1 aliphatic heterocycles. The maximum Gasteiger partial charge on any atom is 0.475 e. The van der Waals surface area contributed by atoms with Crippen LogP contribution in [0.15, 0.2) is 30.3 Å². The Morgan fingerprint density at radius 3 is 2.68 bits per heavy atom. The van der Waals surface area contributed by atoms with E-state index in [1.54, 1.807) is 0 Å². The average Bonchev–Trinajstić information content (AvgIpc) is 2.85. The standard InChI is InChI=1S/C18H26BNO2/c1-17(2)13-10-14(17)16-18(3,11-13)22-19(21-16)15(20)9-12-7-5-4-6-8-12/h4-8,13-16H,9-11,20H2,1-3H3/t13-,14+,15?,16?,18-/m0/s1. The van der Waals surface area contributed by atoms with Crippen LogP contribution in [-0.4, -0.2) is 24.8 Å². The van der Waals surface area contributed by atoms with Gasteiger partial charge >= 0.3 is 7.12 Å². The second-order valence-corrected chi connectivity index (χ2v) is 8.27. The number of hydrogen-bond donors (Lipinski definition) is 1. The Hall–Kier alpha value is -0.835. The summed E-state index contributed by atoms with van der Waals surface area (Å²) < 4.78 is 12.7. The van der Waals surface area contributed by atoms with Gasteiger partial charge in [0.15, 0.2) is 0 Å². The quantitative estimate of drug-likeness (QED) is 0.873. The van der Waals surface area contributed by atoms with Crippen LogP contribution in [0, 0.1) is 17.3 Å². The fourth-order valence-corrected chi connectivity index (χ4v) is 4.91. The van der Waals surface area contributed by atoms with E-state index < -0.39 is 0 Å². The van der Waals surface area contributed by atoms with Gasteiger partial charge < -0.3 is 15.0 Å². The van der Waals surface area contributed by atoms with Gasteiger partial charge in [-0.3, -0.25) is 0 Å². The minimum absolute atomic E-state index is 0.106. The number of nitrogens with two attached hydrogens (primary N) is 1. The summed E-state index contributed by atoms with van der Waals surface area (Å²) in [4.78, 5) is 0. The average molecular weight is 299 g/mol. The molecule has 4 fully saturated rings. The normalized spacial score (nSPS) is 40.0. The van der Waals surface area contributed by atoms with E-state index >= 15 is 0 Å². The van der Waals surface area contributed by atoms with Gasteiger partial charge in [0.25, 0.3) is 0 Å². The molecule has 0 aromatic heterocycles. The highest BCUT2D eigenvalue weighted by Gasteiger charge is 2.67. The summed E-state index contributed by atoms with van der Waals surface area (Å²) in [6.07, 6.45) is 3.40. The number of benzene rings is 1. The van der Waals surface area contributed by atoms with Gasteiger partial charge in [0.2, 0.25) is 0 Å². The van der Waals surface area contributed by atoms with E-state index in [1.807, 2.05) is 6.07 Å². The smallest absolute Gasteiger partial charge is 0.404 e. The first-order valence-electron chi connectivity index (χ1n) is 8.53. The molecule has 0 amide bonds. The lowest BCUT2D eigenvalue weighted by molar-refractivity contribution is -0.185. The van der Waals surface area contributed by atoms with Crippen molar-refractivity contribution < 1.29 is 9.31 Å². The molecule has 3 saturated carbocycles. The molecule has 2 bridgehead atoms. The van der Waals surface area contributed by atoms with Gasteiger partial charge in [0.1, 0.15) is 0 Å². The molecule has 1 aromatic rings. The van der Waals surface area contributed by atoms with Gasteiger partial charge in [0.05, 0.1) is 11.7 Å². The molecular formula is C18H26BNO2. The van der Waals surface area contributed by atoms with Gasteiger partial charge in [-0.25, -0.2) is 0 Å². The SMILES string of the molecule is CC1(C)[C@H]2C[C@@H]1C1OB(C(N)Cc3ccccc3)O[C@@]1(C)C2. The predicted octanol–water partition coefficient (Wildman–Crippen LogP) is 2.82. The molecule has 0 radical (unpaired) electrons. The van der Waals surface area contributed by atoms with E-state index in [1.165, 1.54) is 12.0 Å². The molecule has 1 heterocycles. The lowest BCUT2D eigenvalue weighted by Crippen LogP contribution is -2.63. The van der Waals surface area contributed by atoms with Crippen LogP contribution in [-0.2, 0) is 15.7 Å². The summed E-state index contributed by atoms with van der Waals surface area (Å²) in [5, 5.41) is 0. The van der Waals surface area contributed by atoms with Crippen molar-refractivity contribution in [3.8, 4) is 0 Å². The van der Waals surface area contributed by atoms with Crippen LogP contribution in [0.5, 0.6) is 0 Å². The van der Waals surface area contributed by atoms with Crippen molar-refractivity contribution in [2.75, 3.05) is 0 Å². The molecule has 5 atom stereocenters. The third-order valence-electron chi connectivity index (χ3n) is 6.50. The largest absolute Gasteiger partial charge is 0.475 e. The molecule has 1 aromatic carbocycles. The summed E-state index contributed by atoms with van der Waals surface area (Å²) in [6, 6.07) is 10.4. The minimum Gasteiger partial charge on any atom is -0.404 e. The number of hydrogen-bond acceptors (Lipinski definition) is 3. The number of rotatable bonds is 3. The van der Waals surface area contributed by atoms with Gasteiger partial charge in [0, 0.05) is 5.94 Å². The summed E-state index contributed by atoms with van der Waals surface area (Å²) in [5.41, 5.74) is 7.90. The minimum atomic E-state index is -0.273. The highest BCUT2D eigenvalue weighted by Crippen LogP contribution is 2.64. The molecule has 2 unspecified atom stereocenters. The van der Waals surface area contributed by atoms with Crippen LogP contribution in [0.25, 0.3) is 0 Å². The summed E-state index contributed by atoms with van der Waals surface area (Å²) >= 11 is 0. The second kappa shape index (κ2) is 4.83. The Balaban J connectivity index is 1.48. The Kier molecular flexibility index (Phi) is 3.23. The molecule has 5 rings (SSSR count).